The van der Waals surface area contributed by atoms with Crippen LogP contribution in [0, 0.1) is 0 Å². The topological polar surface area (TPSA) is 83.5 Å². The fraction of sp³-hybridized carbons (Fsp3) is 0.846. The van der Waals surface area contributed by atoms with Gasteiger partial charge in [-0.15, -0.1) is 0 Å². The molecule has 0 bridgehead atoms. The maximum atomic E-state index is 11.1. The Hall–Kier alpha value is -1.19. The maximum absolute atomic E-state index is 11.1. The number of hydrogen-bond donors (Lipinski definition) is 2. The molecule has 1 atom stereocenters. The number of nitrogens with one attached hydrogen (secondary N) is 1. The highest BCUT2D eigenvalue weighted by atomic mass is 16.3. The predicted octanol–water partition coefficient (Wildman–Crippen LogP) is 1.65. The third-order valence-corrected chi connectivity index (χ3v) is 2.44. The van der Waals surface area contributed by atoms with Gasteiger partial charge in [-0.25, -0.2) is 0 Å². The van der Waals surface area contributed by atoms with Crippen molar-refractivity contribution in [2.75, 3.05) is 6.54 Å². The molecule has 0 rings (SSSR count). The molecule has 0 fully saturated rings. The molecule has 0 aliphatic heterocycles. The third kappa shape index (κ3) is 17.2. The molecule has 0 aromatic heterocycles. The molecule has 0 saturated heterocycles. The van der Waals surface area contributed by atoms with Gasteiger partial charge >= 0.3 is 6.15 Å². The quantitative estimate of drug-likeness (QED) is 0.617. The molecule has 5 heteroatoms. The zero-order valence-corrected chi connectivity index (χ0v) is 11.4. The monoisotopic (exact) mass is 259 g/mol. The zero-order chi connectivity index (χ0) is 14.2. The van der Waals surface area contributed by atoms with Gasteiger partial charge in [-0.05, 0) is 13.3 Å². The van der Waals surface area contributed by atoms with Crippen LogP contribution in [-0.4, -0.2) is 29.8 Å². The summed E-state index contributed by atoms with van der Waals surface area (Å²) in [6.45, 7) is 4.71. The van der Waals surface area contributed by atoms with E-state index in [1.807, 2.05) is 6.92 Å². The number of rotatable bonds is 9. The van der Waals surface area contributed by atoms with E-state index in [-0.39, 0.29) is 18.5 Å². The summed E-state index contributed by atoms with van der Waals surface area (Å²) in [5, 5.41) is 12.2. The van der Waals surface area contributed by atoms with E-state index < -0.39 is 6.10 Å². The van der Waals surface area contributed by atoms with Crippen LogP contribution in [0.2, 0.25) is 0 Å². The standard InChI is InChI=1S/C12H25NO2.CO2/c1-3-5-6-7-8-9-11(14)10-12(15)13-4-2;2-1-3/h11,14H,3-10H2,1-2H3,(H,13,15);. The molecule has 0 saturated carbocycles. The molecule has 106 valence electrons. The summed E-state index contributed by atoms with van der Waals surface area (Å²) < 4.78 is 0. The van der Waals surface area contributed by atoms with Crippen molar-refractivity contribution in [1.82, 2.24) is 5.32 Å². The van der Waals surface area contributed by atoms with Crippen molar-refractivity contribution < 1.29 is 19.5 Å². The Bertz CT molecular complexity index is 225. The maximum Gasteiger partial charge on any atom is 0.373 e. The molecule has 0 aliphatic rings. The lowest BCUT2D eigenvalue weighted by molar-refractivity contribution is -0.191. The molecular weight excluding hydrogens is 234 g/mol. The number of amides is 1. The molecule has 2 N–H and O–H groups in total. The molecule has 0 radical (unpaired) electrons. The van der Waals surface area contributed by atoms with Crippen molar-refractivity contribution in [3.63, 3.8) is 0 Å². The van der Waals surface area contributed by atoms with Gasteiger partial charge in [0.1, 0.15) is 0 Å². The summed E-state index contributed by atoms with van der Waals surface area (Å²) in [6, 6.07) is 0. The Morgan fingerprint density at radius 3 is 2.22 bits per heavy atom. The van der Waals surface area contributed by atoms with Gasteiger partial charge in [0.2, 0.25) is 5.91 Å². The van der Waals surface area contributed by atoms with E-state index in [0.29, 0.717) is 6.54 Å². The summed E-state index contributed by atoms with van der Waals surface area (Å²) in [5.41, 5.74) is 0. The van der Waals surface area contributed by atoms with Crippen LogP contribution >= 0.6 is 0 Å². The Morgan fingerprint density at radius 2 is 1.72 bits per heavy atom. The van der Waals surface area contributed by atoms with Crippen molar-refractivity contribution in [3.8, 4) is 0 Å². The molecular formula is C13H25NO4. The van der Waals surface area contributed by atoms with Gasteiger partial charge in [0.15, 0.2) is 0 Å². The van der Waals surface area contributed by atoms with Gasteiger partial charge < -0.3 is 10.4 Å². The second-order valence-corrected chi connectivity index (χ2v) is 4.10. The molecule has 1 unspecified atom stereocenters. The highest BCUT2D eigenvalue weighted by molar-refractivity contribution is 5.76. The fourth-order valence-corrected chi connectivity index (χ4v) is 1.57. The van der Waals surface area contributed by atoms with Gasteiger partial charge in [-0.2, -0.15) is 9.59 Å². The van der Waals surface area contributed by atoms with E-state index in [1.54, 1.807) is 0 Å². The Kier molecular flexibility index (Phi) is 16.8. The summed E-state index contributed by atoms with van der Waals surface area (Å²) in [7, 11) is 0. The van der Waals surface area contributed by atoms with Crippen LogP contribution in [0.5, 0.6) is 0 Å². The smallest absolute Gasteiger partial charge is 0.373 e. The number of aliphatic hydroxyl groups is 1. The Balaban J connectivity index is 0. The van der Waals surface area contributed by atoms with E-state index in [1.165, 1.54) is 25.7 Å². The van der Waals surface area contributed by atoms with Crippen molar-refractivity contribution in [1.29, 1.82) is 0 Å². The number of hydrogen-bond acceptors (Lipinski definition) is 4. The lowest BCUT2D eigenvalue weighted by Gasteiger charge is -2.09. The highest BCUT2D eigenvalue weighted by Crippen LogP contribution is 2.08. The van der Waals surface area contributed by atoms with Gasteiger partial charge in [0, 0.05) is 6.54 Å². The summed E-state index contributed by atoms with van der Waals surface area (Å²) in [5.74, 6) is -0.0430. The minimum atomic E-state index is -0.460. The third-order valence-electron chi connectivity index (χ3n) is 2.44. The Morgan fingerprint density at radius 1 is 1.17 bits per heavy atom. The predicted molar refractivity (Wildman–Crippen MR) is 67.7 cm³/mol. The lowest BCUT2D eigenvalue weighted by Crippen LogP contribution is -2.26. The fourth-order valence-electron chi connectivity index (χ4n) is 1.57. The van der Waals surface area contributed by atoms with Crippen LogP contribution < -0.4 is 5.32 Å². The highest BCUT2D eigenvalue weighted by Gasteiger charge is 2.09. The first-order valence-electron chi connectivity index (χ1n) is 6.56. The molecule has 0 aromatic rings. The number of unbranched alkanes of at least 4 members (excludes halogenated alkanes) is 4. The van der Waals surface area contributed by atoms with Gasteiger partial charge in [-0.1, -0.05) is 39.0 Å². The first-order valence-corrected chi connectivity index (χ1v) is 6.56. The summed E-state index contributed by atoms with van der Waals surface area (Å²) in [6.07, 6.45) is 6.74. The van der Waals surface area contributed by atoms with E-state index in [2.05, 4.69) is 12.2 Å². The molecule has 0 aliphatic carbocycles. The second kappa shape index (κ2) is 15.8. The van der Waals surface area contributed by atoms with Crippen molar-refractivity contribution in [2.45, 2.75) is 64.9 Å². The number of carbonyl (C=O) groups is 1. The SMILES string of the molecule is CCCCCCCC(O)CC(=O)NCC.O=C=O. The summed E-state index contributed by atoms with van der Waals surface area (Å²) >= 11 is 0. The van der Waals surface area contributed by atoms with Crippen molar-refractivity contribution in [2.24, 2.45) is 0 Å². The van der Waals surface area contributed by atoms with Crippen LogP contribution in [0.4, 0.5) is 0 Å². The van der Waals surface area contributed by atoms with Gasteiger partial charge in [-0.3, -0.25) is 4.79 Å². The lowest BCUT2D eigenvalue weighted by atomic mass is 10.1. The van der Waals surface area contributed by atoms with Crippen LogP contribution in [0.15, 0.2) is 0 Å². The van der Waals surface area contributed by atoms with Gasteiger partial charge in [0.25, 0.3) is 0 Å². The minimum Gasteiger partial charge on any atom is -0.393 e. The molecule has 0 heterocycles. The largest absolute Gasteiger partial charge is 0.393 e. The average molecular weight is 259 g/mol. The first kappa shape index (κ1) is 19.2. The minimum absolute atomic E-state index is 0.0430. The normalized spacial score (nSPS) is 10.8. The number of carbonyl (C=O) groups excluding carboxylic acids is 3. The van der Waals surface area contributed by atoms with Crippen molar-refractivity contribution >= 4 is 12.1 Å². The van der Waals surface area contributed by atoms with Gasteiger partial charge in [0.05, 0.1) is 12.5 Å². The van der Waals surface area contributed by atoms with Crippen LogP contribution in [0.25, 0.3) is 0 Å². The molecule has 0 spiro atoms. The molecule has 5 nitrogen and oxygen atoms in total. The zero-order valence-electron chi connectivity index (χ0n) is 11.4. The average Bonchev–Trinajstić information content (AvgIpc) is 2.30. The van der Waals surface area contributed by atoms with Crippen LogP contribution in [0.1, 0.15) is 58.8 Å². The Labute approximate surface area is 109 Å². The summed E-state index contributed by atoms with van der Waals surface area (Å²) in [4.78, 5) is 27.4. The van der Waals surface area contributed by atoms with Crippen molar-refractivity contribution in [3.05, 3.63) is 0 Å². The first-order chi connectivity index (χ1) is 8.62. The number of aliphatic hydroxyl groups excluding tert-OH is 1. The van der Waals surface area contributed by atoms with E-state index in [9.17, 15) is 9.90 Å². The van der Waals surface area contributed by atoms with Crippen LogP contribution in [-0.2, 0) is 14.4 Å². The van der Waals surface area contributed by atoms with E-state index >= 15 is 0 Å². The molecule has 18 heavy (non-hydrogen) atoms. The van der Waals surface area contributed by atoms with E-state index in [0.717, 1.165) is 12.8 Å². The van der Waals surface area contributed by atoms with Crippen LogP contribution in [0.3, 0.4) is 0 Å². The second-order valence-electron chi connectivity index (χ2n) is 4.10. The molecule has 1 amide bonds. The molecule has 0 aromatic carbocycles. The van der Waals surface area contributed by atoms with E-state index in [4.69, 9.17) is 9.59 Å².